The zero-order valence-electron chi connectivity index (χ0n) is 19.8. The number of morpholine rings is 1. The monoisotopic (exact) mass is 480 g/mol. The fourth-order valence-corrected chi connectivity index (χ4v) is 3.95. The van der Waals surface area contributed by atoms with E-state index in [0.29, 0.717) is 53.9 Å². The fourth-order valence-electron chi connectivity index (χ4n) is 3.95. The summed E-state index contributed by atoms with van der Waals surface area (Å²) in [5.74, 6) is 1.71. The highest BCUT2D eigenvalue weighted by molar-refractivity contribution is 5.99. The first-order chi connectivity index (χ1) is 15.4. The van der Waals surface area contributed by atoms with Gasteiger partial charge in [-0.1, -0.05) is 12.1 Å². The van der Waals surface area contributed by atoms with Gasteiger partial charge in [0.05, 0.1) is 39.1 Å². The Balaban J connectivity index is 0.00000385. The van der Waals surface area contributed by atoms with Gasteiger partial charge in [0, 0.05) is 19.2 Å². The van der Waals surface area contributed by atoms with Gasteiger partial charge in [0.2, 0.25) is 11.5 Å². The Bertz CT molecular complexity index is 928. The summed E-state index contributed by atoms with van der Waals surface area (Å²) in [6.07, 6.45) is 0.669. The number of benzene rings is 2. The van der Waals surface area contributed by atoms with Gasteiger partial charge in [0.25, 0.3) is 5.91 Å². The molecule has 1 fully saturated rings. The number of nitrogens with two attached hydrogens (primary N) is 1. The largest absolute Gasteiger partial charge is 0.492 e. The maximum atomic E-state index is 13.5. The van der Waals surface area contributed by atoms with Gasteiger partial charge in [-0.3, -0.25) is 4.79 Å². The van der Waals surface area contributed by atoms with Crippen LogP contribution < -0.4 is 24.7 Å². The number of hydrogen-bond acceptors (Lipinski definition) is 7. The van der Waals surface area contributed by atoms with E-state index in [1.165, 1.54) is 21.3 Å². The molecule has 3 rings (SSSR count). The second-order valence-electron chi connectivity index (χ2n) is 7.77. The average molecular weight is 481 g/mol. The minimum absolute atomic E-state index is 0. The van der Waals surface area contributed by atoms with E-state index in [4.69, 9.17) is 29.4 Å². The Labute approximate surface area is 201 Å². The molecule has 2 aromatic rings. The van der Waals surface area contributed by atoms with Crippen LogP contribution in [0.5, 0.6) is 28.7 Å². The zero-order valence-corrected chi connectivity index (χ0v) is 20.6. The van der Waals surface area contributed by atoms with Crippen molar-refractivity contribution < 1.29 is 28.5 Å². The molecule has 182 valence electrons. The third kappa shape index (κ3) is 6.01. The molecule has 2 N–H and O–H groups in total. The van der Waals surface area contributed by atoms with Crippen LogP contribution in [0.4, 0.5) is 0 Å². The van der Waals surface area contributed by atoms with Crippen molar-refractivity contribution in [3.05, 3.63) is 41.5 Å². The molecule has 1 saturated heterocycles. The van der Waals surface area contributed by atoms with E-state index in [9.17, 15) is 4.79 Å². The summed E-state index contributed by atoms with van der Waals surface area (Å²) in [5.41, 5.74) is 7.08. The summed E-state index contributed by atoms with van der Waals surface area (Å²) >= 11 is 0. The maximum Gasteiger partial charge on any atom is 0.258 e. The predicted molar refractivity (Wildman–Crippen MR) is 129 cm³/mol. The van der Waals surface area contributed by atoms with Crippen molar-refractivity contribution in [2.45, 2.75) is 32.5 Å². The van der Waals surface area contributed by atoms with Crippen molar-refractivity contribution in [3.8, 4) is 28.7 Å². The molecule has 2 aromatic carbocycles. The number of carbonyl (C=O) groups is 1. The predicted octanol–water partition coefficient (Wildman–Crippen LogP) is 3.68. The van der Waals surface area contributed by atoms with E-state index < -0.39 is 0 Å². The lowest BCUT2D eigenvalue weighted by atomic mass is 10.1. The third-order valence-electron chi connectivity index (χ3n) is 5.29. The van der Waals surface area contributed by atoms with Crippen LogP contribution >= 0.6 is 12.4 Å². The van der Waals surface area contributed by atoms with Crippen molar-refractivity contribution in [2.24, 2.45) is 5.73 Å². The molecule has 1 heterocycles. The van der Waals surface area contributed by atoms with Crippen molar-refractivity contribution in [1.29, 1.82) is 0 Å². The van der Waals surface area contributed by atoms with Crippen molar-refractivity contribution in [1.82, 2.24) is 4.90 Å². The smallest absolute Gasteiger partial charge is 0.258 e. The average Bonchev–Trinajstić information content (AvgIpc) is 2.78. The second-order valence-corrected chi connectivity index (χ2v) is 7.77. The summed E-state index contributed by atoms with van der Waals surface area (Å²) in [7, 11) is 4.51. The number of rotatable bonds is 8. The molecular weight excluding hydrogens is 448 g/mol. The molecule has 1 aliphatic rings. The number of ether oxygens (including phenoxy) is 5. The maximum absolute atomic E-state index is 13.5. The zero-order chi connectivity index (χ0) is 23.3. The SMILES string of the molecule is COc1c(Oc2ccc(CCN)cc2)cc(C(=O)N2C[C@@H](C)O[C@@H](C)C2)c(OC)c1OC.Cl. The Morgan fingerprint density at radius 2 is 1.58 bits per heavy atom. The number of carbonyl (C=O) groups excluding carboxylic acids is 1. The molecule has 0 aromatic heterocycles. The van der Waals surface area contributed by atoms with Crippen molar-refractivity contribution in [3.63, 3.8) is 0 Å². The molecule has 1 amide bonds. The first-order valence-electron chi connectivity index (χ1n) is 10.7. The van der Waals surface area contributed by atoms with Gasteiger partial charge in [-0.05, 0) is 44.5 Å². The number of hydrogen-bond donors (Lipinski definition) is 1. The number of methoxy groups -OCH3 is 3. The van der Waals surface area contributed by atoms with E-state index in [1.807, 2.05) is 38.1 Å². The molecule has 9 heteroatoms. The molecule has 1 aliphatic heterocycles. The highest BCUT2D eigenvalue weighted by atomic mass is 35.5. The number of halogens is 1. The summed E-state index contributed by atoms with van der Waals surface area (Å²) in [4.78, 5) is 15.2. The van der Waals surface area contributed by atoms with Crippen LogP contribution in [0.2, 0.25) is 0 Å². The van der Waals surface area contributed by atoms with E-state index in [1.54, 1.807) is 11.0 Å². The topological polar surface area (TPSA) is 92.5 Å². The molecule has 33 heavy (non-hydrogen) atoms. The van der Waals surface area contributed by atoms with Crippen LogP contribution in [0.1, 0.15) is 29.8 Å². The molecule has 0 aliphatic carbocycles. The highest BCUT2D eigenvalue weighted by Gasteiger charge is 2.32. The summed E-state index contributed by atoms with van der Waals surface area (Å²) < 4.78 is 28.6. The van der Waals surface area contributed by atoms with Gasteiger partial charge < -0.3 is 34.3 Å². The van der Waals surface area contributed by atoms with E-state index in [0.717, 1.165) is 12.0 Å². The Hall–Kier alpha value is -2.68. The number of amides is 1. The van der Waals surface area contributed by atoms with Gasteiger partial charge in [-0.2, -0.15) is 0 Å². The van der Waals surface area contributed by atoms with Gasteiger partial charge in [-0.15, -0.1) is 12.4 Å². The summed E-state index contributed by atoms with van der Waals surface area (Å²) in [5, 5.41) is 0. The van der Waals surface area contributed by atoms with Crippen molar-refractivity contribution >= 4 is 18.3 Å². The lowest BCUT2D eigenvalue weighted by Gasteiger charge is -2.35. The van der Waals surface area contributed by atoms with Gasteiger partial charge in [-0.25, -0.2) is 0 Å². The minimum atomic E-state index is -0.187. The van der Waals surface area contributed by atoms with E-state index in [-0.39, 0.29) is 30.5 Å². The van der Waals surface area contributed by atoms with Crippen LogP contribution in [-0.4, -0.2) is 64.0 Å². The highest BCUT2D eigenvalue weighted by Crippen LogP contribution is 2.48. The van der Waals surface area contributed by atoms with E-state index in [2.05, 4.69) is 0 Å². The van der Waals surface area contributed by atoms with E-state index >= 15 is 0 Å². The third-order valence-corrected chi connectivity index (χ3v) is 5.29. The molecule has 2 atom stereocenters. The summed E-state index contributed by atoms with van der Waals surface area (Å²) in [6.45, 7) is 5.45. The molecule has 0 saturated carbocycles. The summed E-state index contributed by atoms with van der Waals surface area (Å²) in [6, 6.07) is 9.26. The molecule has 0 unspecified atom stereocenters. The van der Waals surface area contributed by atoms with Gasteiger partial charge in [0.15, 0.2) is 11.5 Å². The van der Waals surface area contributed by atoms with Crippen LogP contribution in [-0.2, 0) is 11.2 Å². The molecular formula is C24H33ClN2O6. The normalized spacial score (nSPS) is 17.7. The number of nitrogens with zero attached hydrogens (tertiary/aromatic N) is 1. The van der Waals surface area contributed by atoms with Crippen LogP contribution in [0.3, 0.4) is 0 Å². The Morgan fingerprint density at radius 1 is 1.00 bits per heavy atom. The first kappa shape index (κ1) is 26.6. The lowest BCUT2D eigenvalue weighted by molar-refractivity contribution is -0.0586. The Kier molecular flexibility index (Phi) is 9.64. The Morgan fingerprint density at radius 3 is 2.09 bits per heavy atom. The molecule has 8 nitrogen and oxygen atoms in total. The minimum Gasteiger partial charge on any atom is -0.492 e. The molecule has 0 spiro atoms. The van der Waals surface area contributed by atoms with Gasteiger partial charge in [0.1, 0.15) is 5.75 Å². The standard InChI is InChI=1S/C24H32N2O6.ClH/c1-15-13-26(14-16(2)31-15)24(27)19-12-20(22(29-4)23(30-5)21(19)28-3)32-18-8-6-17(7-9-18)10-11-25;/h6-9,12,15-16H,10-11,13-14,25H2,1-5H3;1H/t15-,16+;. The molecule has 0 bridgehead atoms. The van der Waals surface area contributed by atoms with Gasteiger partial charge >= 0.3 is 0 Å². The lowest BCUT2D eigenvalue weighted by Crippen LogP contribution is -2.48. The quantitative estimate of drug-likeness (QED) is 0.616. The fraction of sp³-hybridized carbons (Fsp3) is 0.458. The second kappa shape index (κ2) is 12.0. The van der Waals surface area contributed by atoms with Crippen LogP contribution in [0, 0.1) is 0 Å². The first-order valence-corrected chi connectivity index (χ1v) is 10.7. The molecule has 0 radical (unpaired) electrons. The van der Waals surface area contributed by atoms with Crippen LogP contribution in [0.25, 0.3) is 0 Å². The van der Waals surface area contributed by atoms with Crippen molar-refractivity contribution in [2.75, 3.05) is 41.0 Å². The van der Waals surface area contributed by atoms with Crippen LogP contribution in [0.15, 0.2) is 30.3 Å².